The van der Waals surface area contributed by atoms with E-state index in [0.717, 1.165) is 11.5 Å². The van der Waals surface area contributed by atoms with E-state index in [0.29, 0.717) is 37.5 Å². The molecule has 3 aromatic rings. The zero-order chi connectivity index (χ0) is 18.1. The summed E-state index contributed by atoms with van der Waals surface area (Å²) < 4.78 is 15.1. The first-order chi connectivity index (χ1) is 12.6. The van der Waals surface area contributed by atoms with Crippen molar-refractivity contribution in [3.63, 3.8) is 0 Å². The van der Waals surface area contributed by atoms with Crippen LogP contribution in [0.15, 0.2) is 36.7 Å². The highest BCUT2D eigenvalue weighted by Crippen LogP contribution is 2.17. The summed E-state index contributed by atoms with van der Waals surface area (Å²) in [6.07, 6.45) is 1.87. The van der Waals surface area contributed by atoms with Gasteiger partial charge in [0.15, 0.2) is 0 Å². The molecule has 134 valence electrons. The van der Waals surface area contributed by atoms with Gasteiger partial charge in [0.25, 0.3) is 5.78 Å². The predicted octanol–water partition coefficient (Wildman–Crippen LogP) is 1.46. The topological polar surface area (TPSA) is 66.6 Å². The summed E-state index contributed by atoms with van der Waals surface area (Å²) in [5.41, 5.74) is 1.71. The van der Waals surface area contributed by atoms with Crippen LogP contribution in [-0.4, -0.2) is 56.6 Å². The van der Waals surface area contributed by atoms with Crippen molar-refractivity contribution in [2.24, 2.45) is 0 Å². The van der Waals surface area contributed by atoms with Crippen LogP contribution in [0, 0.1) is 12.7 Å². The van der Waals surface area contributed by atoms with E-state index in [1.165, 1.54) is 12.1 Å². The SMILES string of the molecule is Cc1cc(N2CCN(C(=O)Cc3cccc(F)c3)CC2)nc2nncn12. The van der Waals surface area contributed by atoms with Crippen LogP contribution in [0.25, 0.3) is 5.78 Å². The lowest BCUT2D eigenvalue weighted by molar-refractivity contribution is -0.130. The van der Waals surface area contributed by atoms with Crippen molar-refractivity contribution in [1.82, 2.24) is 24.5 Å². The fraction of sp³-hybridized carbons (Fsp3) is 0.333. The highest BCUT2D eigenvalue weighted by atomic mass is 19.1. The Kier molecular flexibility index (Phi) is 4.24. The third-order valence-corrected chi connectivity index (χ3v) is 4.66. The molecule has 1 aromatic carbocycles. The fourth-order valence-electron chi connectivity index (χ4n) is 3.23. The molecule has 1 aliphatic heterocycles. The number of anilines is 1. The fourth-order valence-corrected chi connectivity index (χ4v) is 3.23. The number of nitrogens with zero attached hydrogens (tertiary/aromatic N) is 6. The Morgan fingerprint density at radius 1 is 1.19 bits per heavy atom. The Morgan fingerprint density at radius 2 is 2.00 bits per heavy atom. The molecule has 1 amide bonds. The molecule has 8 heteroatoms. The van der Waals surface area contributed by atoms with Crippen LogP contribution in [0.5, 0.6) is 0 Å². The molecule has 1 fully saturated rings. The highest BCUT2D eigenvalue weighted by molar-refractivity contribution is 5.79. The second-order valence-corrected chi connectivity index (χ2v) is 6.43. The predicted molar refractivity (Wildman–Crippen MR) is 94.4 cm³/mol. The van der Waals surface area contributed by atoms with E-state index in [4.69, 9.17) is 0 Å². The number of carbonyl (C=O) groups is 1. The summed E-state index contributed by atoms with van der Waals surface area (Å²) in [7, 11) is 0. The number of benzene rings is 1. The van der Waals surface area contributed by atoms with Crippen LogP contribution in [0.2, 0.25) is 0 Å². The van der Waals surface area contributed by atoms with Gasteiger partial charge in [0.05, 0.1) is 6.42 Å². The number of halogens is 1. The standard InChI is InChI=1S/C18H19FN6O/c1-13-9-16(21-18-22-20-12-25(13)18)23-5-7-24(8-6-23)17(26)11-14-3-2-4-15(19)10-14/h2-4,9-10,12H,5-8,11H2,1H3. The third-order valence-electron chi connectivity index (χ3n) is 4.66. The molecule has 0 N–H and O–H groups in total. The molecule has 1 aliphatic rings. The summed E-state index contributed by atoms with van der Waals surface area (Å²) >= 11 is 0. The summed E-state index contributed by atoms with van der Waals surface area (Å²) in [6, 6.07) is 8.20. The van der Waals surface area contributed by atoms with Gasteiger partial charge in [-0.05, 0) is 24.6 Å². The van der Waals surface area contributed by atoms with E-state index in [1.54, 1.807) is 18.5 Å². The average molecular weight is 354 g/mol. The van der Waals surface area contributed by atoms with Crippen molar-refractivity contribution in [3.05, 3.63) is 53.7 Å². The van der Waals surface area contributed by atoms with Crippen LogP contribution in [0.1, 0.15) is 11.3 Å². The van der Waals surface area contributed by atoms with Gasteiger partial charge in [-0.1, -0.05) is 12.1 Å². The van der Waals surface area contributed by atoms with E-state index in [1.807, 2.05) is 22.3 Å². The lowest BCUT2D eigenvalue weighted by Crippen LogP contribution is -2.49. The van der Waals surface area contributed by atoms with E-state index in [2.05, 4.69) is 20.1 Å². The van der Waals surface area contributed by atoms with Gasteiger partial charge in [-0.2, -0.15) is 4.98 Å². The number of carbonyl (C=O) groups excluding carboxylic acids is 1. The van der Waals surface area contributed by atoms with Gasteiger partial charge in [0.2, 0.25) is 5.91 Å². The van der Waals surface area contributed by atoms with Gasteiger partial charge in [-0.15, -0.1) is 10.2 Å². The zero-order valence-corrected chi connectivity index (χ0v) is 14.5. The first-order valence-electron chi connectivity index (χ1n) is 8.55. The Hall–Kier alpha value is -3.03. The smallest absolute Gasteiger partial charge is 0.256 e. The quantitative estimate of drug-likeness (QED) is 0.712. The molecule has 0 atom stereocenters. The Labute approximate surface area is 150 Å². The monoisotopic (exact) mass is 354 g/mol. The molecule has 0 saturated carbocycles. The van der Waals surface area contributed by atoms with Gasteiger partial charge in [-0.3, -0.25) is 9.20 Å². The lowest BCUT2D eigenvalue weighted by atomic mass is 10.1. The summed E-state index contributed by atoms with van der Waals surface area (Å²) in [6.45, 7) is 4.62. The second-order valence-electron chi connectivity index (χ2n) is 6.43. The van der Waals surface area contributed by atoms with Crippen LogP contribution in [-0.2, 0) is 11.2 Å². The zero-order valence-electron chi connectivity index (χ0n) is 14.5. The highest BCUT2D eigenvalue weighted by Gasteiger charge is 2.22. The van der Waals surface area contributed by atoms with Crippen molar-refractivity contribution in [2.75, 3.05) is 31.1 Å². The summed E-state index contributed by atoms with van der Waals surface area (Å²) in [5.74, 6) is 1.13. The maximum atomic E-state index is 13.3. The number of rotatable bonds is 3. The normalized spacial score (nSPS) is 14.8. The van der Waals surface area contributed by atoms with Gasteiger partial charge in [0, 0.05) is 37.9 Å². The van der Waals surface area contributed by atoms with E-state index in [-0.39, 0.29) is 18.1 Å². The number of hydrogen-bond acceptors (Lipinski definition) is 5. The lowest BCUT2D eigenvalue weighted by Gasteiger charge is -2.35. The second kappa shape index (κ2) is 6.70. The molecule has 0 bridgehead atoms. The molecule has 3 heterocycles. The number of aryl methyl sites for hydroxylation is 1. The van der Waals surface area contributed by atoms with Gasteiger partial charge >= 0.3 is 0 Å². The minimum Gasteiger partial charge on any atom is -0.353 e. The Morgan fingerprint density at radius 3 is 2.77 bits per heavy atom. The Balaban J connectivity index is 1.40. The maximum absolute atomic E-state index is 13.3. The molecular weight excluding hydrogens is 335 g/mol. The molecule has 0 radical (unpaired) electrons. The molecule has 4 rings (SSSR count). The van der Waals surface area contributed by atoms with Gasteiger partial charge in [-0.25, -0.2) is 4.39 Å². The summed E-state index contributed by atoms with van der Waals surface area (Å²) in [5, 5.41) is 7.89. The van der Waals surface area contributed by atoms with Crippen molar-refractivity contribution in [2.45, 2.75) is 13.3 Å². The molecule has 26 heavy (non-hydrogen) atoms. The van der Waals surface area contributed by atoms with Crippen LogP contribution >= 0.6 is 0 Å². The van der Waals surface area contributed by atoms with Gasteiger partial charge in [0.1, 0.15) is 18.0 Å². The maximum Gasteiger partial charge on any atom is 0.256 e. The van der Waals surface area contributed by atoms with Gasteiger partial charge < -0.3 is 9.80 Å². The third kappa shape index (κ3) is 3.22. The molecule has 0 aliphatic carbocycles. The number of piperazine rings is 1. The molecule has 1 saturated heterocycles. The number of fused-ring (bicyclic) bond motifs is 1. The first kappa shape index (κ1) is 16.4. The Bertz CT molecular complexity index is 948. The van der Waals surface area contributed by atoms with Crippen LogP contribution < -0.4 is 4.90 Å². The van der Waals surface area contributed by atoms with Crippen molar-refractivity contribution in [3.8, 4) is 0 Å². The largest absolute Gasteiger partial charge is 0.353 e. The molecular formula is C18H19FN6O. The van der Waals surface area contributed by atoms with E-state index >= 15 is 0 Å². The minimum absolute atomic E-state index is 0.0206. The van der Waals surface area contributed by atoms with Crippen LogP contribution in [0.3, 0.4) is 0 Å². The molecule has 2 aromatic heterocycles. The first-order valence-corrected chi connectivity index (χ1v) is 8.55. The van der Waals surface area contributed by atoms with Crippen LogP contribution in [0.4, 0.5) is 10.2 Å². The molecule has 7 nitrogen and oxygen atoms in total. The van der Waals surface area contributed by atoms with Crippen molar-refractivity contribution in [1.29, 1.82) is 0 Å². The number of hydrogen-bond donors (Lipinski definition) is 0. The van der Waals surface area contributed by atoms with E-state index in [9.17, 15) is 9.18 Å². The van der Waals surface area contributed by atoms with E-state index < -0.39 is 0 Å². The van der Waals surface area contributed by atoms with Crippen molar-refractivity contribution >= 4 is 17.5 Å². The number of amides is 1. The molecule has 0 unspecified atom stereocenters. The minimum atomic E-state index is -0.314. The molecule has 0 spiro atoms. The number of aromatic nitrogens is 4. The summed E-state index contributed by atoms with van der Waals surface area (Å²) in [4.78, 5) is 21.0. The van der Waals surface area contributed by atoms with Crippen molar-refractivity contribution < 1.29 is 9.18 Å². The average Bonchev–Trinajstić information content (AvgIpc) is 3.11.